The second-order valence-electron chi connectivity index (χ2n) is 4.17. The molecular formula is C9H15BO3S. The molecule has 2 aliphatic rings. The van der Waals surface area contributed by atoms with Gasteiger partial charge >= 0.3 is 7.12 Å². The summed E-state index contributed by atoms with van der Waals surface area (Å²) in [4.78, 5) is 1.20. The number of hydrogen-bond acceptors (Lipinski definition) is 4. The van der Waals surface area contributed by atoms with Crippen molar-refractivity contribution in [2.24, 2.45) is 5.41 Å². The molecule has 1 fully saturated rings. The minimum absolute atomic E-state index is 0.117. The van der Waals surface area contributed by atoms with Crippen LogP contribution in [-0.4, -0.2) is 37.8 Å². The van der Waals surface area contributed by atoms with Crippen molar-refractivity contribution in [3.05, 3.63) is 10.9 Å². The Hall–Kier alpha value is 0.0349. The quantitative estimate of drug-likeness (QED) is 0.698. The Morgan fingerprint density at radius 1 is 1.57 bits per heavy atom. The van der Waals surface area contributed by atoms with Gasteiger partial charge in [0.15, 0.2) is 0 Å². The summed E-state index contributed by atoms with van der Waals surface area (Å²) in [5.41, 5.74) is -0.222. The number of aliphatic hydroxyl groups is 1. The van der Waals surface area contributed by atoms with E-state index in [1.807, 2.05) is 6.92 Å². The maximum absolute atomic E-state index is 9.12. The van der Waals surface area contributed by atoms with Crippen molar-refractivity contribution in [2.75, 3.05) is 25.6 Å². The van der Waals surface area contributed by atoms with Crippen LogP contribution in [-0.2, 0) is 9.31 Å². The van der Waals surface area contributed by atoms with Crippen molar-refractivity contribution < 1.29 is 14.4 Å². The molecule has 0 amide bonds. The summed E-state index contributed by atoms with van der Waals surface area (Å²) in [6.45, 7) is 3.24. The highest BCUT2D eigenvalue weighted by molar-refractivity contribution is 8.05. The van der Waals surface area contributed by atoms with Crippen molar-refractivity contribution in [2.45, 2.75) is 13.3 Å². The van der Waals surface area contributed by atoms with E-state index in [0.29, 0.717) is 13.2 Å². The Morgan fingerprint density at radius 3 is 2.79 bits per heavy atom. The first-order valence-electron chi connectivity index (χ1n) is 4.90. The predicted octanol–water partition coefficient (Wildman–Crippen LogP) is 1.08. The lowest BCUT2D eigenvalue weighted by atomic mass is 9.82. The third kappa shape index (κ3) is 2.16. The molecule has 0 spiro atoms. The van der Waals surface area contributed by atoms with E-state index in [1.165, 1.54) is 4.80 Å². The number of thioether (sulfide) groups is 1. The van der Waals surface area contributed by atoms with Crippen LogP contribution >= 0.6 is 11.8 Å². The standard InChI is InChI=1S/C9H15BO3S/c1-9(5-11)6-12-10(13-7-9)8-3-2-4-14-8/h3,11H,2,4-7H2,1H3. The fourth-order valence-electron chi connectivity index (χ4n) is 1.50. The molecule has 0 aromatic heterocycles. The van der Waals surface area contributed by atoms with Crippen molar-refractivity contribution in [3.8, 4) is 0 Å². The summed E-state index contributed by atoms with van der Waals surface area (Å²) in [6.07, 6.45) is 3.29. The van der Waals surface area contributed by atoms with Gasteiger partial charge in [0.25, 0.3) is 0 Å². The maximum atomic E-state index is 9.12. The third-order valence-electron chi connectivity index (χ3n) is 2.51. The van der Waals surface area contributed by atoms with Gasteiger partial charge in [0.2, 0.25) is 0 Å². The minimum atomic E-state index is -0.222. The van der Waals surface area contributed by atoms with E-state index in [4.69, 9.17) is 14.4 Å². The summed E-state index contributed by atoms with van der Waals surface area (Å²) in [5.74, 6) is 1.13. The molecule has 3 nitrogen and oxygen atoms in total. The molecule has 0 aromatic rings. The average molecular weight is 214 g/mol. The van der Waals surface area contributed by atoms with Gasteiger partial charge in [-0.25, -0.2) is 0 Å². The van der Waals surface area contributed by atoms with Gasteiger partial charge < -0.3 is 14.4 Å². The molecule has 14 heavy (non-hydrogen) atoms. The zero-order chi connectivity index (χ0) is 10.0. The Labute approximate surface area is 89.0 Å². The zero-order valence-corrected chi connectivity index (χ0v) is 9.18. The molecule has 0 atom stereocenters. The molecular weight excluding hydrogens is 199 g/mol. The largest absolute Gasteiger partial charge is 0.500 e. The molecule has 0 saturated carbocycles. The number of rotatable bonds is 2. The van der Waals surface area contributed by atoms with Gasteiger partial charge in [-0.3, -0.25) is 0 Å². The van der Waals surface area contributed by atoms with Crippen LogP contribution in [0.25, 0.3) is 0 Å². The summed E-state index contributed by atoms with van der Waals surface area (Å²) in [6, 6.07) is 0. The molecule has 2 heterocycles. The van der Waals surface area contributed by atoms with Gasteiger partial charge in [-0.1, -0.05) is 13.0 Å². The normalized spacial score (nSPS) is 26.4. The van der Waals surface area contributed by atoms with E-state index in [-0.39, 0.29) is 19.1 Å². The molecule has 78 valence electrons. The summed E-state index contributed by atoms with van der Waals surface area (Å²) >= 11 is 1.81. The van der Waals surface area contributed by atoms with E-state index in [2.05, 4.69) is 6.08 Å². The molecule has 0 unspecified atom stereocenters. The molecule has 2 rings (SSSR count). The Balaban J connectivity index is 1.89. The number of allylic oxidation sites excluding steroid dienone is 1. The topological polar surface area (TPSA) is 38.7 Å². The fraction of sp³-hybridized carbons (Fsp3) is 0.778. The smallest absolute Gasteiger partial charge is 0.406 e. The second-order valence-corrected chi connectivity index (χ2v) is 5.33. The van der Waals surface area contributed by atoms with Gasteiger partial charge in [0.05, 0.1) is 6.61 Å². The van der Waals surface area contributed by atoms with Crippen LogP contribution in [0.1, 0.15) is 13.3 Å². The predicted molar refractivity (Wildman–Crippen MR) is 58.0 cm³/mol. The van der Waals surface area contributed by atoms with E-state index >= 15 is 0 Å². The van der Waals surface area contributed by atoms with Crippen LogP contribution in [0, 0.1) is 5.41 Å². The highest BCUT2D eigenvalue weighted by Crippen LogP contribution is 2.32. The lowest BCUT2D eigenvalue weighted by Gasteiger charge is -2.34. The molecule has 2 aliphatic heterocycles. The van der Waals surface area contributed by atoms with Crippen LogP contribution in [0.4, 0.5) is 0 Å². The van der Waals surface area contributed by atoms with E-state index < -0.39 is 0 Å². The van der Waals surface area contributed by atoms with Crippen LogP contribution in [0.5, 0.6) is 0 Å². The van der Waals surface area contributed by atoms with Crippen molar-refractivity contribution in [3.63, 3.8) is 0 Å². The SMILES string of the molecule is CC1(CO)COB(C2=CCCS2)OC1. The Kier molecular flexibility index (Phi) is 3.22. The Bertz CT molecular complexity index is 236. The average Bonchev–Trinajstić information content (AvgIpc) is 2.72. The molecule has 0 aliphatic carbocycles. The molecule has 1 N–H and O–H groups in total. The van der Waals surface area contributed by atoms with E-state index in [1.54, 1.807) is 11.8 Å². The highest BCUT2D eigenvalue weighted by Gasteiger charge is 2.37. The first-order valence-corrected chi connectivity index (χ1v) is 5.89. The van der Waals surface area contributed by atoms with Crippen LogP contribution < -0.4 is 0 Å². The molecule has 5 heteroatoms. The summed E-state index contributed by atoms with van der Waals surface area (Å²) in [7, 11) is -0.179. The van der Waals surface area contributed by atoms with Gasteiger partial charge in [-0.15, -0.1) is 11.8 Å². The maximum Gasteiger partial charge on any atom is 0.500 e. The van der Waals surface area contributed by atoms with Crippen molar-refractivity contribution >= 4 is 18.9 Å². The van der Waals surface area contributed by atoms with Gasteiger partial charge in [-0.05, 0) is 6.42 Å². The van der Waals surface area contributed by atoms with Crippen molar-refractivity contribution in [1.82, 2.24) is 0 Å². The fourth-order valence-corrected chi connectivity index (χ4v) is 2.48. The highest BCUT2D eigenvalue weighted by atomic mass is 32.2. The first-order chi connectivity index (χ1) is 6.73. The van der Waals surface area contributed by atoms with Crippen LogP contribution in [0.15, 0.2) is 10.9 Å². The van der Waals surface area contributed by atoms with E-state index in [0.717, 1.165) is 12.2 Å². The summed E-state index contributed by atoms with van der Waals surface area (Å²) < 4.78 is 11.2. The van der Waals surface area contributed by atoms with Crippen LogP contribution in [0.2, 0.25) is 0 Å². The molecule has 0 radical (unpaired) electrons. The number of hydrogen-bond donors (Lipinski definition) is 1. The lowest BCUT2D eigenvalue weighted by Crippen LogP contribution is -2.44. The number of aliphatic hydroxyl groups excluding tert-OH is 1. The van der Waals surface area contributed by atoms with Crippen molar-refractivity contribution in [1.29, 1.82) is 0 Å². The monoisotopic (exact) mass is 214 g/mol. The van der Waals surface area contributed by atoms with Gasteiger partial charge in [0, 0.05) is 29.2 Å². The van der Waals surface area contributed by atoms with Gasteiger partial charge in [-0.2, -0.15) is 0 Å². The lowest BCUT2D eigenvalue weighted by molar-refractivity contribution is -0.0153. The third-order valence-corrected chi connectivity index (χ3v) is 3.64. The summed E-state index contributed by atoms with van der Waals surface area (Å²) in [5, 5.41) is 9.12. The second kappa shape index (κ2) is 4.27. The van der Waals surface area contributed by atoms with Gasteiger partial charge in [0.1, 0.15) is 0 Å². The zero-order valence-electron chi connectivity index (χ0n) is 8.36. The molecule has 0 bridgehead atoms. The minimum Gasteiger partial charge on any atom is -0.406 e. The molecule has 1 saturated heterocycles. The van der Waals surface area contributed by atoms with E-state index in [9.17, 15) is 0 Å². The molecule has 0 aromatic carbocycles. The first kappa shape index (κ1) is 10.5. The Morgan fingerprint density at radius 2 is 2.29 bits per heavy atom. The van der Waals surface area contributed by atoms with Crippen LogP contribution in [0.3, 0.4) is 0 Å².